The number of aliphatic hydroxyl groups is 1. The Morgan fingerprint density at radius 3 is 2.64 bits per heavy atom. The lowest BCUT2D eigenvalue weighted by molar-refractivity contribution is -0.143. The zero-order valence-electron chi connectivity index (χ0n) is 8.58. The maximum atomic E-state index is 10.8. The van der Waals surface area contributed by atoms with Crippen molar-refractivity contribution in [2.45, 2.75) is 32.8 Å². The summed E-state index contributed by atoms with van der Waals surface area (Å²) in [7, 11) is 0. The molecule has 0 aliphatic carbocycles. The van der Waals surface area contributed by atoms with Crippen molar-refractivity contribution < 1.29 is 19.4 Å². The van der Waals surface area contributed by atoms with Crippen LogP contribution in [0.3, 0.4) is 0 Å². The van der Waals surface area contributed by atoms with Crippen molar-refractivity contribution in [1.29, 1.82) is 0 Å². The van der Waals surface area contributed by atoms with Gasteiger partial charge in [-0.3, -0.25) is 9.59 Å². The molecule has 0 aromatic heterocycles. The molecule has 0 rings (SSSR count). The summed E-state index contributed by atoms with van der Waals surface area (Å²) in [5, 5.41) is 11.3. The summed E-state index contributed by atoms with van der Waals surface area (Å²) in [6.45, 7) is 3.88. The highest BCUT2D eigenvalue weighted by molar-refractivity contribution is 5.79. The van der Waals surface area contributed by atoms with Gasteiger partial charge in [-0.2, -0.15) is 0 Å². The molecule has 5 nitrogen and oxygen atoms in total. The number of hydrogen-bond donors (Lipinski definition) is 2. The van der Waals surface area contributed by atoms with Crippen LogP contribution in [0.15, 0.2) is 0 Å². The molecule has 0 radical (unpaired) electrons. The van der Waals surface area contributed by atoms with Gasteiger partial charge in [0.15, 0.2) is 0 Å². The molecule has 0 saturated heterocycles. The van der Waals surface area contributed by atoms with Gasteiger partial charge in [0, 0.05) is 13.0 Å². The SMILES string of the molecule is CCOC(=O)CCCNC(=O)C(C)O. The zero-order chi connectivity index (χ0) is 11.0. The largest absolute Gasteiger partial charge is 0.466 e. The van der Waals surface area contributed by atoms with Crippen molar-refractivity contribution in [1.82, 2.24) is 5.32 Å². The Labute approximate surface area is 83.4 Å². The standard InChI is InChI=1S/C9H17NO4/c1-3-14-8(12)5-4-6-10-9(13)7(2)11/h7,11H,3-6H2,1-2H3,(H,10,13). The first-order chi connectivity index (χ1) is 6.57. The number of nitrogens with one attached hydrogen (secondary N) is 1. The monoisotopic (exact) mass is 203 g/mol. The Bertz CT molecular complexity index is 191. The van der Waals surface area contributed by atoms with Crippen LogP contribution in [0, 0.1) is 0 Å². The second kappa shape index (κ2) is 7.32. The Morgan fingerprint density at radius 2 is 2.14 bits per heavy atom. The van der Waals surface area contributed by atoms with E-state index in [-0.39, 0.29) is 12.4 Å². The summed E-state index contributed by atoms with van der Waals surface area (Å²) in [5.74, 6) is -0.687. The van der Waals surface area contributed by atoms with Gasteiger partial charge in [-0.05, 0) is 20.3 Å². The summed E-state index contributed by atoms with van der Waals surface area (Å²) >= 11 is 0. The quantitative estimate of drug-likeness (QED) is 0.464. The van der Waals surface area contributed by atoms with Gasteiger partial charge in [-0.1, -0.05) is 0 Å². The van der Waals surface area contributed by atoms with Crippen LogP contribution < -0.4 is 5.32 Å². The predicted octanol–water partition coefficient (Wildman–Crippen LogP) is -0.173. The van der Waals surface area contributed by atoms with Crippen LogP contribution in [0.2, 0.25) is 0 Å². The lowest BCUT2D eigenvalue weighted by Gasteiger charge is -2.06. The van der Waals surface area contributed by atoms with Gasteiger partial charge in [0.05, 0.1) is 6.61 Å². The Kier molecular flexibility index (Phi) is 6.74. The molecule has 0 bridgehead atoms. The van der Waals surface area contributed by atoms with Gasteiger partial charge in [-0.25, -0.2) is 0 Å². The first-order valence-corrected chi connectivity index (χ1v) is 4.69. The van der Waals surface area contributed by atoms with Crippen LogP contribution in [0.4, 0.5) is 0 Å². The van der Waals surface area contributed by atoms with Crippen LogP contribution >= 0.6 is 0 Å². The molecule has 2 N–H and O–H groups in total. The van der Waals surface area contributed by atoms with E-state index in [4.69, 9.17) is 9.84 Å². The van der Waals surface area contributed by atoms with Crippen LogP contribution in [0.5, 0.6) is 0 Å². The molecule has 0 heterocycles. The maximum Gasteiger partial charge on any atom is 0.305 e. The third-order valence-corrected chi connectivity index (χ3v) is 1.54. The molecule has 5 heteroatoms. The minimum atomic E-state index is -1.00. The van der Waals surface area contributed by atoms with Crippen LogP contribution in [-0.2, 0) is 14.3 Å². The van der Waals surface area contributed by atoms with E-state index in [2.05, 4.69) is 5.32 Å². The fourth-order valence-corrected chi connectivity index (χ4v) is 0.825. The first-order valence-electron chi connectivity index (χ1n) is 4.69. The lowest BCUT2D eigenvalue weighted by Crippen LogP contribution is -2.33. The van der Waals surface area contributed by atoms with Crippen molar-refractivity contribution in [3.63, 3.8) is 0 Å². The summed E-state index contributed by atoms with van der Waals surface area (Å²) in [4.78, 5) is 21.7. The van der Waals surface area contributed by atoms with E-state index in [0.717, 1.165) is 0 Å². The van der Waals surface area contributed by atoms with E-state index in [0.29, 0.717) is 19.6 Å². The molecular weight excluding hydrogens is 186 g/mol. The number of carbonyl (C=O) groups excluding carboxylic acids is 2. The summed E-state index contributed by atoms with van der Waals surface area (Å²) in [6.07, 6.45) is -0.191. The van der Waals surface area contributed by atoms with E-state index in [1.807, 2.05) is 0 Å². The minimum Gasteiger partial charge on any atom is -0.466 e. The fourth-order valence-electron chi connectivity index (χ4n) is 0.825. The first kappa shape index (κ1) is 12.9. The average molecular weight is 203 g/mol. The normalized spacial score (nSPS) is 11.9. The summed E-state index contributed by atoms with van der Waals surface area (Å²) in [5.41, 5.74) is 0. The lowest BCUT2D eigenvalue weighted by atomic mass is 10.3. The third kappa shape index (κ3) is 6.42. The second-order valence-corrected chi connectivity index (χ2v) is 2.88. The molecule has 0 saturated carbocycles. The number of amides is 1. The second-order valence-electron chi connectivity index (χ2n) is 2.88. The van der Waals surface area contributed by atoms with Crippen molar-refractivity contribution in [3.05, 3.63) is 0 Å². The number of hydrogen-bond acceptors (Lipinski definition) is 4. The van der Waals surface area contributed by atoms with Crippen molar-refractivity contribution in [3.8, 4) is 0 Å². The molecule has 0 aliphatic heterocycles. The molecule has 1 unspecified atom stereocenters. The Balaban J connectivity index is 3.38. The zero-order valence-corrected chi connectivity index (χ0v) is 8.58. The topological polar surface area (TPSA) is 75.6 Å². The molecule has 0 aromatic rings. The molecular formula is C9H17NO4. The van der Waals surface area contributed by atoms with Gasteiger partial charge in [0.25, 0.3) is 0 Å². The number of rotatable bonds is 6. The number of ether oxygens (including phenoxy) is 1. The number of esters is 1. The molecule has 0 aliphatic rings. The van der Waals surface area contributed by atoms with Gasteiger partial charge in [-0.15, -0.1) is 0 Å². The van der Waals surface area contributed by atoms with Crippen LogP contribution in [0.25, 0.3) is 0 Å². The van der Waals surface area contributed by atoms with E-state index < -0.39 is 12.0 Å². The molecule has 0 aromatic carbocycles. The molecule has 14 heavy (non-hydrogen) atoms. The van der Waals surface area contributed by atoms with Crippen LogP contribution in [0.1, 0.15) is 26.7 Å². The van der Waals surface area contributed by atoms with Crippen molar-refractivity contribution in [2.75, 3.05) is 13.2 Å². The highest BCUT2D eigenvalue weighted by Crippen LogP contribution is 1.91. The third-order valence-electron chi connectivity index (χ3n) is 1.54. The number of aliphatic hydroxyl groups excluding tert-OH is 1. The highest BCUT2D eigenvalue weighted by Gasteiger charge is 2.07. The summed E-state index contributed by atoms with van der Waals surface area (Å²) in [6, 6.07) is 0. The van der Waals surface area contributed by atoms with E-state index in [9.17, 15) is 9.59 Å². The molecule has 0 fully saturated rings. The fraction of sp³-hybridized carbons (Fsp3) is 0.778. The van der Waals surface area contributed by atoms with E-state index >= 15 is 0 Å². The smallest absolute Gasteiger partial charge is 0.305 e. The average Bonchev–Trinajstić information content (AvgIpc) is 2.12. The predicted molar refractivity (Wildman–Crippen MR) is 50.6 cm³/mol. The van der Waals surface area contributed by atoms with Gasteiger partial charge in [0.1, 0.15) is 6.10 Å². The maximum absolute atomic E-state index is 10.8. The highest BCUT2D eigenvalue weighted by atomic mass is 16.5. The van der Waals surface area contributed by atoms with Crippen LogP contribution in [-0.4, -0.2) is 36.2 Å². The minimum absolute atomic E-state index is 0.265. The Morgan fingerprint density at radius 1 is 1.50 bits per heavy atom. The molecule has 82 valence electrons. The van der Waals surface area contributed by atoms with Gasteiger partial charge >= 0.3 is 5.97 Å². The Hall–Kier alpha value is -1.10. The van der Waals surface area contributed by atoms with E-state index in [1.54, 1.807) is 6.92 Å². The van der Waals surface area contributed by atoms with Gasteiger partial charge in [0.2, 0.25) is 5.91 Å². The summed E-state index contributed by atoms with van der Waals surface area (Å²) < 4.78 is 4.70. The number of carbonyl (C=O) groups is 2. The van der Waals surface area contributed by atoms with Crippen molar-refractivity contribution >= 4 is 11.9 Å². The molecule has 0 spiro atoms. The molecule has 1 amide bonds. The molecule has 1 atom stereocenters. The van der Waals surface area contributed by atoms with E-state index in [1.165, 1.54) is 6.92 Å². The van der Waals surface area contributed by atoms with Crippen molar-refractivity contribution in [2.24, 2.45) is 0 Å². The van der Waals surface area contributed by atoms with Gasteiger partial charge < -0.3 is 15.2 Å².